The van der Waals surface area contributed by atoms with Crippen LogP contribution in [0.1, 0.15) is 24.8 Å². The Morgan fingerprint density at radius 2 is 1.82 bits per heavy atom. The van der Waals surface area contributed by atoms with Crippen molar-refractivity contribution in [3.8, 4) is 17.1 Å². The third-order valence-electron chi connectivity index (χ3n) is 5.71. The lowest BCUT2D eigenvalue weighted by atomic mass is 10.1. The van der Waals surface area contributed by atoms with E-state index in [-0.39, 0.29) is 0 Å². The number of pyridine rings is 1. The highest BCUT2D eigenvalue weighted by atomic mass is 16.5. The lowest BCUT2D eigenvalue weighted by molar-refractivity contribution is 0.221. The summed E-state index contributed by atoms with van der Waals surface area (Å²) < 4.78 is 5.59. The Balaban J connectivity index is 1.51. The molecule has 142 valence electrons. The number of ether oxygens (including phenoxy) is 1. The van der Waals surface area contributed by atoms with Crippen LogP contribution in [0.5, 0.6) is 5.88 Å². The third-order valence-corrected chi connectivity index (χ3v) is 5.71. The molecule has 0 bridgehead atoms. The van der Waals surface area contributed by atoms with Crippen molar-refractivity contribution in [2.45, 2.75) is 25.8 Å². The molecule has 1 saturated heterocycles. The summed E-state index contributed by atoms with van der Waals surface area (Å²) in [4.78, 5) is 10.8. The Hall–Kier alpha value is -2.85. The number of nitrogens with zero attached hydrogens (tertiary/aromatic N) is 2. The van der Waals surface area contributed by atoms with Crippen LogP contribution in [0.25, 0.3) is 33.1 Å². The monoisotopic (exact) mass is 371 g/mol. The fourth-order valence-corrected chi connectivity index (χ4v) is 4.25. The van der Waals surface area contributed by atoms with Gasteiger partial charge in [-0.3, -0.25) is 4.90 Å². The average Bonchev–Trinajstić information content (AvgIpc) is 3.16. The first kappa shape index (κ1) is 17.3. The molecule has 0 atom stereocenters. The molecule has 0 saturated carbocycles. The van der Waals surface area contributed by atoms with Gasteiger partial charge < -0.3 is 9.72 Å². The van der Waals surface area contributed by atoms with Crippen LogP contribution in [0.2, 0.25) is 0 Å². The van der Waals surface area contributed by atoms with Gasteiger partial charge in [0.15, 0.2) is 0 Å². The summed E-state index contributed by atoms with van der Waals surface area (Å²) in [5, 5.41) is 2.35. The normalized spacial score (nSPS) is 15.3. The second kappa shape index (κ2) is 7.28. The van der Waals surface area contributed by atoms with Gasteiger partial charge in [-0.25, -0.2) is 4.98 Å². The summed E-state index contributed by atoms with van der Waals surface area (Å²) in [7, 11) is 1.68. The van der Waals surface area contributed by atoms with Crippen LogP contribution in [-0.2, 0) is 6.54 Å². The Morgan fingerprint density at radius 3 is 2.68 bits per heavy atom. The van der Waals surface area contributed by atoms with Crippen molar-refractivity contribution in [1.82, 2.24) is 14.9 Å². The zero-order valence-corrected chi connectivity index (χ0v) is 16.2. The smallest absolute Gasteiger partial charge is 0.223 e. The van der Waals surface area contributed by atoms with E-state index in [1.54, 1.807) is 7.11 Å². The molecular formula is C24H25N3O. The van der Waals surface area contributed by atoms with Crippen LogP contribution in [0.4, 0.5) is 0 Å². The molecule has 4 nitrogen and oxygen atoms in total. The number of hydrogen-bond donors (Lipinski definition) is 1. The minimum Gasteiger partial charge on any atom is -0.480 e. The van der Waals surface area contributed by atoms with Gasteiger partial charge in [0.25, 0.3) is 0 Å². The fourth-order valence-electron chi connectivity index (χ4n) is 4.25. The zero-order chi connectivity index (χ0) is 18.9. The van der Waals surface area contributed by atoms with E-state index in [0.717, 1.165) is 34.2 Å². The number of likely N-dealkylation sites (tertiary alicyclic amines) is 1. The molecular weight excluding hydrogens is 346 g/mol. The SMILES string of the molecule is COc1nc2ccccc2cc1-c1cc2cc(CN3CCCCC3)ccc2[nH]1. The molecule has 1 N–H and O–H groups in total. The Kier molecular flexibility index (Phi) is 4.49. The van der Waals surface area contributed by atoms with Crippen LogP contribution in [0, 0.1) is 0 Å². The summed E-state index contributed by atoms with van der Waals surface area (Å²) in [5.41, 5.74) is 5.51. The molecule has 3 heterocycles. The number of rotatable bonds is 4. The van der Waals surface area contributed by atoms with Gasteiger partial charge in [0.1, 0.15) is 0 Å². The van der Waals surface area contributed by atoms with Crippen molar-refractivity contribution >= 4 is 21.8 Å². The van der Waals surface area contributed by atoms with E-state index >= 15 is 0 Å². The molecule has 1 aliphatic heterocycles. The number of methoxy groups -OCH3 is 1. The first-order valence-electron chi connectivity index (χ1n) is 10.1. The lowest BCUT2D eigenvalue weighted by Crippen LogP contribution is -2.28. The van der Waals surface area contributed by atoms with Crippen molar-refractivity contribution in [3.05, 3.63) is 60.2 Å². The van der Waals surface area contributed by atoms with E-state index in [1.807, 2.05) is 18.2 Å². The number of aromatic nitrogens is 2. The standard InChI is InChI=1S/C24H25N3O/c1-28-24-20(14-18-7-3-4-8-21(18)26-24)23-15-19-13-17(9-10-22(19)25-23)16-27-11-5-2-6-12-27/h3-4,7-10,13-15,25H,2,5-6,11-12,16H2,1H3. The van der Waals surface area contributed by atoms with Crippen LogP contribution >= 0.6 is 0 Å². The van der Waals surface area contributed by atoms with Crippen molar-refractivity contribution in [3.63, 3.8) is 0 Å². The van der Waals surface area contributed by atoms with Gasteiger partial charge >= 0.3 is 0 Å². The van der Waals surface area contributed by atoms with Crippen LogP contribution in [0.15, 0.2) is 54.6 Å². The molecule has 0 amide bonds. The quantitative estimate of drug-likeness (QED) is 0.524. The number of benzene rings is 2. The Bertz CT molecular complexity index is 1130. The van der Waals surface area contributed by atoms with Crippen molar-refractivity contribution in [2.75, 3.05) is 20.2 Å². The topological polar surface area (TPSA) is 41.1 Å². The van der Waals surface area contributed by atoms with Crippen LogP contribution in [0.3, 0.4) is 0 Å². The molecule has 4 aromatic rings. The number of aromatic amines is 1. The highest BCUT2D eigenvalue weighted by molar-refractivity contribution is 5.91. The highest BCUT2D eigenvalue weighted by Gasteiger charge is 2.14. The largest absolute Gasteiger partial charge is 0.480 e. The van der Waals surface area contributed by atoms with E-state index in [1.165, 1.54) is 43.3 Å². The molecule has 4 heteroatoms. The van der Waals surface area contributed by atoms with E-state index in [0.29, 0.717) is 5.88 Å². The number of fused-ring (bicyclic) bond motifs is 2. The van der Waals surface area contributed by atoms with E-state index in [4.69, 9.17) is 4.74 Å². The highest BCUT2D eigenvalue weighted by Crippen LogP contribution is 2.33. The number of hydrogen-bond acceptors (Lipinski definition) is 3. The zero-order valence-electron chi connectivity index (χ0n) is 16.2. The number of piperidine rings is 1. The van der Waals surface area contributed by atoms with Gasteiger partial charge in [-0.1, -0.05) is 30.7 Å². The van der Waals surface area contributed by atoms with E-state index < -0.39 is 0 Å². The van der Waals surface area contributed by atoms with Gasteiger partial charge in [0.2, 0.25) is 5.88 Å². The maximum Gasteiger partial charge on any atom is 0.223 e. The second-order valence-corrected chi connectivity index (χ2v) is 7.68. The lowest BCUT2D eigenvalue weighted by Gasteiger charge is -2.26. The predicted octanol–water partition coefficient (Wildman–Crippen LogP) is 5.38. The summed E-state index contributed by atoms with van der Waals surface area (Å²) in [5.74, 6) is 0.652. The first-order valence-corrected chi connectivity index (χ1v) is 10.1. The summed E-state index contributed by atoms with van der Waals surface area (Å²) in [6, 6.07) is 19.3. The molecule has 0 aliphatic carbocycles. The molecule has 1 fully saturated rings. The molecule has 0 radical (unpaired) electrons. The van der Waals surface area contributed by atoms with Crippen LogP contribution < -0.4 is 4.74 Å². The van der Waals surface area contributed by atoms with Crippen molar-refractivity contribution in [2.24, 2.45) is 0 Å². The van der Waals surface area contributed by atoms with Crippen LogP contribution in [-0.4, -0.2) is 35.1 Å². The van der Waals surface area contributed by atoms with Gasteiger partial charge in [0, 0.05) is 22.8 Å². The van der Waals surface area contributed by atoms with Gasteiger partial charge in [-0.2, -0.15) is 0 Å². The molecule has 0 spiro atoms. The summed E-state index contributed by atoms with van der Waals surface area (Å²) >= 11 is 0. The summed E-state index contributed by atoms with van der Waals surface area (Å²) in [6.45, 7) is 3.48. The minimum absolute atomic E-state index is 0.652. The average molecular weight is 371 g/mol. The Labute approximate surface area is 165 Å². The maximum atomic E-state index is 5.59. The Morgan fingerprint density at radius 1 is 0.964 bits per heavy atom. The molecule has 2 aromatic heterocycles. The maximum absolute atomic E-state index is 5.59. The minimum atomic E-state index is 0.652. The van der Waals surface area contributed by atoms with Gasteiger partial charge in [-0.05, 0) is 61.8 Å². The van der Waals surface area contributed by atoms with Gasteiger partial charge in [0.05, 0.1) is 23.9 Å². The predicted molar refractivity (Wildman–Crippen MR) is 115 cm³/mol. The number of H-pyrrole nitrogens is 1. The van der Waals surface area contributed by atoms with Gasteiger partial charge in [-0.15, -0.1) is 0 Å². The number of para-hydroxylation sites is 1. The third kappa shape index (κ3) is 3.25. The van der Waals surface area contributed by atoms with E-state index in [9.17, 15) is 0 Å². The molecule has 2 aromatic carbocycles. The fraction of sp³-hybridized carbons (Fsp3) is 0.292. The second-order valence-electron chi connectivity index (χ2n) is 7.68. The van der Waals surface area contributed by atoms with Crippen molar-refractivity contribution < 1.29 is 4.74 Å². The molecule has 28 heavy (non-hydrogen) atoms. The molecule has 0 unspecified atom stereocenters. The first-order chi connectivity index (χ1) is 13.8. The molecule has 5 rings (SSSR count). The summed E-state index contributed by atoms with van der Waals surface area (Å²) in [6.07, 6.45) is 4.02. The van der Waals surface area contributed by atoms with Crippen molar-refractivity contribution in [1.29, 1.82) is 0 Å². The molecule has 1 aliphatic rings. The number of nitrogens with one attached hydrogen (secondary N) is 1. The van der Waals surface area contributed by atoms with E-state index in [2.05, 4.69) is 51.3 Å².